The summed E-state index contributed by atoms with van der Waals surface area (Å²) >= 11 is 7.25. The molecule has 0 saturated heterocycles. The molecule has 0 aromatic carbocycles. The minimum Gasteiger partial charge on any atom is -0.383 e. The molecule has 1 rings (SSSR count). The summed E-state index contributed by atoms with van der Waals surface area (Å²) in [6, 6.07) is 0.563. The lowest BCUT2D eigenvalue weighted by molar-refractivity contribution is 0.110. The third-order valence-electron chi connectivity index (χ3n) is 2.82. The van der Waals surface area contributed by atoms with Gasteiger partial charge in [-0.2, -0.15) is 0 Å². The molecule has 0 bridgehead atoms. The molecule has 0 fully saturated rings. The number of hydrogen-bond acceptors (Lipinski definition) is 5. The summed E-state index contributed by atoms with van der Waals surface area (Å²) in [5.41, 5.74) is 0. The Kier molecular flexibility index (Phi) is 6.96. The topological polar surface area (TPSA) is 38.2 Å². The van der Waals surface area contributed by atoms with Crippen LogP contribution < -0.4 is 0 Å². The molecule has 0 spiro atoms. The molecular weight excluding hydrogens is 258 g/mol. The molecule has 98 valence electrons. The summed E-state index contributed by atoms with van der Waals surface area (Å²) in [5.74, 6) is 0. The first-order chi connectivity index (χ1) is 8.21. The largest absolute Gasteiger partial charge is 0.383 e. The smallest absolute Gasteiger partial charge is 0.207 e. The molecule has 17 heavy (non-hydrogen) atoms. The molecule has 1 heterocycles. The normalized spacial score (nSPS) is 11.6. The quantitative estimate of drug-likeness (QED) is 0.732. The molecule has 0 unspecified atom stereocenters. The Bertz CT molecular complexity index is 317. The summed E-state index contributed by atoms with van der Waals surface area (Å²) in [7, 11) is 1.73. The Morgan fingerprint density at radius 1 is 1.35 bits per heavy atom. The molecule has 0 aliphatic carbocycles. The average Bonchev–Trinajstić information content (AvgIpc) is 2.73. The van der Waals surface area contributed by atoms with Gasteiger partial charge in [-0.05, 0) is 24.4 Å². The van der Waals surface area contributed by atoms with Gasteiger partial charge in [0.05, 0.1) is 13.2 Å². The van der Waals surface area contributed by atoms with E-state index in [1.165, 1.54) is 11.3 Å². The zero-order valence-corrected chi connectivity index (χ0v) is 12.2. The Morgan fingerprint density at radius 3 is 2.53 bits per heavy atom. The van der Waals surface area contributed by atoms with Crippen LogP contribution in [-0.4, -0.2) is 41.4 Å². The molecule has 0 aliphatic rings. The molecule has 0 saturated carbocycles. The van der Waals surface area contributed by atoms with E-state index < -0.39 is 0 Å². The Morgan fingerprint density at radius 2 is 2.06 bits per heavy atom. The highest BCUT2D eigenvalue weighted by Gasteiger charge is 2.17. The first-order valence-corrected chi connectivity index (χ1v) is 7.11. The summed E-state index contributed by atoms with van der Waals surface area (Å²) in [6.07, 6.45) is 2.26. The lowest BCUT2D eigenvalue weighted by Gasteiger charge is -2.29. The van der Waals surface area contributed by atoms with E-state index in [4.69, 9.17) is 16.3 Å². The SMILES string of the molecule is CCC(CC)N(CCOC)Cc1nnc(Cl)s1. The summed E-state index contributed by atoms with van der Waals surface area (Å²) in [4.78, 5) is 2.39. The molecule has 1 aromatic heterocycles. The first-order valence-electron chi connectivity index (χ1n) is 5.92. The van der Waals surface area contributed by atoms with Gasteiger partial charge < -0.3 is 4.74 Å². The monoisotopic (exact) mass is 277 g/mol. The Labute approximate surface area is 112 Å². The van der Waals surface area contributed by atoms with E-state index in [2.05, 4.69) is 28.9 Å². The molecular formula is C11H20ClN3OS. The predicted octanol–water partition coefficient (Wildman–Crippen LogP) is 2.83. The van der Waals surface area contributed by atoms with Gasteiger partial charge in [-0.1, -0.05) is 25.2 Å². The van der Waals surface area contributed by atoms with Crippen LogP contribution in [0.5, 0.6) is 0 Å². The van der Waals surface area contributed by atoms with Crippen LogP contribution in [0.2, 0.25) is 4.47 Å². The second kappa shape index (κ2) is 7.97. The van der Waals surface area contributed by atoms with Gasteiger partial charge in [0.1, 0.15) is 5.01 Å². The maximum Gasteiger partial charge on any atom is 0.207 e. The fraction of sp³-hybridized carbons (Fsp3) is 0.818. The van der Waals surface area contributed by atoms with E-state index in [9.17, 15) is 0 Å². The number of methoxy groups -OCH3 is 1. The van der Waals surface area contributed by atoms with Crippen LogP contribution in [0.3, 0.4) is 0 Å². The maximum absolute atomic E-state index is 5.80. The van der Waals surface area contributed by atoms with Gasteiger partial charge in [0.25, 0.3) is 0 Å². The number of hydrogen-bond donors (Lipinski definition) is 0. The number of nitrogens with zero attached hydrogens (tertiary/aromatic N) is 3. The van der Waals surface area contributed by atoms with Gasteiger partial charge in [-0.25, -0.2) is 0 Å². The number of ether oxygens (including phenoxy) is 1. The Hall–Kier alpha value is -0.230. The predicted molar refractivity (Wildman–Crippen MR) is 71.6 cm³/mol. The summed E-state index contributed by atoms with van der Waals surface area (Å²) < 4.78 is 5.66. The lowest BCUT2D eigenvalue weighted by atomic mass is 10.1. The highest BCUT2D eigenvalue weighted by atomic mass is 35.5. The average molecular weight is 278 g/mol. The maximum atomic E-state index is 5.80. The fourth-order valence-electron chi connectivity index (χ4n) is 1.88. The first kappa shape index (κ1) is 14.8. The van der Waals surface area contributed by atoms with Gasteiger partial charge in [0.2, 0.25) is 4.47 Å². The molecule has 0 atom stereocenters. The standard InChI is InChI=1S/C11H20ClN3OS/c1-4-9(5-2)15(6-7-16-3)8-10-13-14-11(12)17-10/h9H,4-8H2,1-3H3. The van der Waals surface area contributed by atoms with Crippen LogP contribution in [0.1, 0.15) is 31.7 Å². The lowest BCUT2D eigenvalue weighted by Crippen LogP contribution is -2.36. The highest BCUT2D eigenvalue weighted by Crippen LogP contribution is 2.19. The zero-order chi connectivity index (χ0) is 12.7. The second-order valence-electron chi connectivity index (χ2n) is 3.88. The fourth-order valence-corrected chi connectivity index (χ4v) is 2.77. The van der Waals surface area contributed by atoms with E-state index in [0.717, 1.165) is 37.5 Å². The van der Waals surface area contributed by atoms with Gasteiger partial charge >= 0.3 is 0 Å². The molecule has 0 N–H and O–H groups in total. The molecule has 1 aromatic rings. The van der Waals surface area contributed by atoms with Crippen LogP contribution in [0.4, 0.5) is 0 Å². The van der Waals surface area contributed by atoms with Crippen molar-refractivity contribution in [3.8, 4) is 0 Å². The third-order valence-corrected chi connectivity index (χ3v) is 3.83. The van der Waals surface area contributed by atoms with Crippen molar-refractivity contribution in [2.45, 2.75) is 39.3 Å². The Balaban J connectivity index is 2.61. The minimum absolute atomic E-state index is 0.510. The van der Waals surface area contributed by atoms with Crippen molar-refractivity contribution in [1.29, 1.82) is 0 Å². The van der Waals surface area contributed by atoms with Gasteiger partial charge in [0, 0.05) is 19.7 Å². The van der Waals surface area contributed by atoms with Crippen molar-refractivity contribution in [3.63, 3.8) is 0 Å². The van der Waals surface area contributed by atoms with Crippen molar-refractivity contribution in [1.82, 2.24) is 15.1 Å². The third kappa shape index (κ3) is 4.87. The van der Waals surface area contributed by atoms with Crippen molar-refractivity contribution in [2.75, 3.05) is 20.3 Å². The second-order valence-corrected chi connectivity index (χ2v) is 5.53. The van der Waals surface area contributed by atoms with E-state index in [-0.39, 0.29) is 0 Å². The van der Waals surface area contributed by atoms with E-state index in [1.807, 2.05) is 0 Å². The van der Waals surface area contributed by atoms with E-state index in [1.54, 1.807) is 7.11 Å². The van der Waals surface area contributed by atoms with Crippen LogP contribution in [0.25, 0.3) is 0 Å². The number of rotatable bonds is 8. The van der Waals surface area contributed by atoms with Crippen LogP contribution >= 0.6 is 22.9 Å². The van der Waals surface area contributed by atoms with Crippen LogP contribution in [0.15, 0.2) is 0 Å². The highest BCUT2D eigenvalue weighted by molar-refractivity contribution is 7.15. The van der Waals surface area contributed by atoms with Gasteiger partial charge in [-0.3, -0.25) is 4.90 Å². The zero-order valence-electron chi connectivity index (χ0n) is 10.6. The van der Waals surface area contributed by atoms with Crippen LogP contribution in [0, 0.1) is 0 Å². The summed E-state index contributed by atoms with van der Waals surface area (Å²) in [6.45, 7) is 6.88. The summed E-state index contributed by atoms with van der Waals surface area (Å²) in [5, 5.41) is 8.88. The van der Waals surface area contributed by atoms with Crippen molar-refractivity contribution < 1.29 is 4.74 Å². The van der Waals surface area contributed by atoms with Crippen molar-refractivity contribution in [3.05, 3.63) is 9.47 Å². The molecule has 6 heteroatoms. The molecule has 4 nitrogen and oxygen atoms in total. The molecule has 0 amide bonds. The van der Waals surface area contributed by atoms with E-state index >= 15 is 0 Å². The van der Waals surface area contributed by atoms with Crippen molar-refractivity contribution in [2.24, 2.45) is 0 Å². The molecule has 0 aliphatic heterocycles. The van der Waals surface area contributed by atoms with E-state index in [0.29, 0.717) is 10.5 Å². The van der Waals surface area contributed by atoms with Crippen molar-refractivity contribution >= 4 is 22.9 Å². The molecule has 0 radical (unpaired) electrons. The number of halogens is 1. The van der Waals surface area contributed by atoms with Gasteiger partial charge in [-0.15, -0.1) is 10.2 Å². The van der Waals surface area contributed by atoms with Gasteiger partial charge in [0.15, 0.2) is 0 Å². The minimum atomic E-state index is 0.510. The number of aromatic nitrogens is 2. The van der Waals surface area contributed by atoms with Crippen LogP contribution in [-0.2, 0) is 11.3 Å².